The minimum atomic E-state index is -4.54. The number of halogens is 4. The maximum Gasteiger partial charge on any atom is 0.417 e. The summed E-state index contributed by atoms with van der Waals surface area (Å²) in [5, 5.41) is 10.7. The third kappa shape index (κ3) is 2.86. The lowest BCUT2D eigenvalue weighted by Gasteiger charge is -2.62. The quantitative estimate of drug-likeness (QED) is 0.516. The van der Waals surface area contributed by atoms with Gasteiger partial charge < -0.3 is 5.11 Å². The van der Waals surface area contributed by atoms with Crippen LogP contribution >= 0.6 is 15.9 Å². The zero-order valence-corrected chi connectivity index (χ0v) is 18.4. The predicted molar refractivity (Wildman–Crippen MR) is 105 cm³/mol. The summed E-state index contributed by atoms with van der Waals surface area (Å²) in [6.07, 6.45) is 1.41. The summed E-state index contributed by atoms with van der Waals surface area (Å²) in [5.74, 6) is 1.85. The number of aliphatic hydroxyl groups is 1. The van der Waals surface area contributed by atoms with Crippen LogP contribution in [0.2, 0.25) is 0 Å². The summed E-state index contributed by atoms with van der Waals surface area (Å²) in [4.78, 5) is 12.5. The molecule has 0 unspecified atom stereocenters. The topological polar surface area (TPSA) is 37.3 Å². The Balaban J connectivity index is 1.57. The van der Waals surface area contributed by atoms with E-state index in [0.29, 0.717) is 35.3 Å². The number of carbonyl (C=O) groups excluding carboxylic acids is 1. The van der Waals surface area contributed by atoms with Gasteiger partial charge in [0.15, 0.2) is 5.60 Å². The maximum absolute atomic E-state index is 13.4. The van der Waals surface area contributed by atoms with E-state index in [1.54, 1.807) is 0 Å². The van der Waals surface area contributed by atoms with Gasteiger partial charge in [0.1, 0.15) is 5.78 Å². The van der Waals surface area contributed by atoms with Gasteiger partial charge >= 0.3 is 6.18 Å². The summed E-state index contributed by atoms with van der Waals surface area (Å²) < 4.78 is 40.3. The van der Waals surface area contributed by atoms with Crippen LogP contribution in [0.1, 0.15) is 71.6 Å². The Morgan fingerprint density at radius 3 is 2.32 bits per heavy atom. The minimum Gasteiger partial charge on any atom is -0.380 e. The molecule has 8 atom stereocenters. The summed E-state index contributed by atoms with van der Waals surface area (Å²) >= 11 is 3.35. The van der Waals surface area contributed by atoms with Crippen LogP contribution in [0, 0.1) is 40.4 Å². The molecule has 1 N–H and O–H groups in total. The molecular weight excluding hydrogens is 433 g/mol. The van der Waals surface area contributed by atoms with E-state index in [-0.39, 0.29) is 35.5 Å². The third-order valence-electron chi connectivity index (χ3n) is 9.77. The van der Waals surface area contributed by atoms with Gasteiger partial charge in [-0.25, -0.2) is 0 Å². The van der Waals surface area contributed by atoms with Crippen molar-refractivity contribution in [2.75, 3.05) is 5.33 Å². The van der Waals surface area contributed by atoms with Crippen LogP contribution in [0.15, 0.2) is 0 Å². The number of alkyl halides is 4. The van der Waals surface area contributed by atoms with Crippen LogP contribution in [0.5, 0.6) is 0 Å². The summed E-state index contributed by atoms with van der Waals surface area (Å²) in [7, 11) is 0. The highest BCUT2D eigenvalue weighted by Crippen LogP contribution is 2.68. The molecule has 0 radical (unpaired) electrons. The fourth-order valence-electron chi connectivity index (χ4n) is 8.13. The van der Waals surface area contributed by atoms with Crippen LogP contribution in [0.3, 0.4) is 0 Å². The van der Waals surface area contributed by atoms with Crippen molar-refractivity contribution in [3.63, 3.8) is 0 Å². The molecule has 0 aromatic rings. The fraction of sp³-hybridized carbons (Fsp3) is 0.955. The second-order valence-electron chi connectivity index (χ2n) is 10.7. The normalized spacial score (nSPS) is 51.2. The monoisotopic (exact) mass is 464 g/mol. The van der Waals surface area contributed by atoms with Crippen molar-refractivity contribution in [1.82, 2.24) is 0 Å². The molecule has 0 saturated heterocycles. The molecule has 0 amide bonds. The SMILES string of the molecule is C[C@]12CC[C@](O)(C(F)(F)F)C[C@H]1CC[C@@H]1[C@@H]2CC[C@]2(C)[C@@H](C(=O)CBr)CC[C@@H]12. The van der Waals surface area contributed by atoms with Crippen LogP contribution in [0.25, 0.3) is 0 Å². The largest absolute Gasteiger partial charge is 0.417 e. The number of Topliss-reactive ketones (excluding diaryl/α,β-unsaturated/α-hetero) is 1. The Morgan fingerprint density at radius 1 is 1.00 bits per heavy atom. The van der Waals surface area contributed by atoms with E-state index < -0.39 is 11.8 Å². The summed E-state index contributed by atoms with van der Waals surface area (Å²) in [6, 6.07) is 0. The number of rotatable bonds is 2. The first-order chi connectivity index (χ1) is 13.0. The van der Waals surface area contributed by atoms with Crippen molar-refractivity contribution in [3.8, 4) is 0 Å². The van der Waals surface area contributed by atoms with E-state index in [9.17, 15) is 23.1 Å². The van der Waals surface area contributed by atoms with Crippen molar-refractivity contribution in [3.05, 3.63) is 0 Å². The molecule has 0 aromatic carbocycles. The molecule has 4 rings (SSSR count). The summed E-state index contributed by atoms with van der Waals surface area (Å²) in [6.45, 7) is 4.49. The van der Waals surface area contributed by atoms with Gasteiger partial charge in [0.05, 0.1) is 5.33 Å². The van der Waals surface area contributed by atoms with Crippen molar-refractivity contribution in [1.29, 1.82) is 0 Å². The Bertz CT molecular complexity index is 652. The average Bonchev–Trinajstić information content (AvgIpc) is 2.98. The zero-order chi connectivity index (χ0) is 20.5. The lowest BCUT2D eigenvalue weighted by atomic mass is 9.43. The van der Waals surface area contributed by atoms with Crippen LogP contribution in [-0.2, 0) is 4.79 Å². The Hall–Kier alpha value is -0.100. The third-order valence-corrected chi connectivity index (χ3v) is 10.3. The van der Waals surface area contributed by atoms with Gasteiger partial charge in [-0.15, -0.1) is 0 Å². The number of hydrogen-bond acceptors (Lipinski definition) is 2. The number of hydrogen-bond donors (Lipinski definition) is 1. The predicted octanol–water partition coefficient (Wildman–Crippen LogP) is 5.90. The molecule has 4 fully saturated rings. The molecule has 0 bridgehead atoms. The van der Waals surface area contributed by atoms with Gasteiger partial charge in [0.25, 0.3) is 0 Å². The van der Waals surface area contributed by atoms with E-state index in [0.717, 1.165) is 38.5 Å². The highest BCUT2D eigenvalue weighted by molar-refractivity contribution is 9.09. The molecule has 0 aromatic heterocycles. The highest BCUT2D eigenvalue weighted by atomic mass is 79.9. The van der Waals surface area contributed by atoms with Crippen LogP contribution in [0.4, 0.5) is 13.2 Å². The number of carbonyl (C=O) groups is 1. The first-order valence-corrected chi connectivity index (χ1v) is 12.0. The van der Waals surface area contributed by atoms with E-state index in [2.05, 4.69) is 29.8 Å². The fourth-order valence-corrected chi connectivity index (χ4v) is 8.52. The van der Waals surface area contributed by atoms with E-state index in [4.69, 9.17) is 0 Å². The van der Waals surface area contributed by atoms with E-state index in [1.165, 1.54) is 0 Å². The first-order valence-electron chi connectivity index (χ1n) is 10.8. The zero-order valence-electron chi connectivity index (χ0n) is 16.8. The van der Waals surface area contributed by atoms with Crippen molar-refractivity contribution in [2.24, 2.45) is 40.4 Å². The first kappa shape index (κ1) is 21.1. The summed E-state index contributed by atoms with van der Waals surface area (Å²) in [5.41, 5.74) is -2.57. The molecule has 0 aliphatic heterocycles. The molecule has 6 heteroatoms. The molecule has 28 heavy (non-hydrogen) atoms. The van der Waals surface area contributed by atoms with Crippen molar-refractivity contribution in [2.45, 2.75) is 83.4 Å². The lowest BCUT2D eigenvalue weighted by molar-refractivity contribution is -0.290. The molecule has 4 saturated carbocycles. The van der Waals surface area contributed by atoms with Gasteiger partial charge in [0, 0.05) is 5.92 Å². The van der Waals surface area contributed by atoms with Gasteiger partial charge in [-0.05, 0) is 92.3 Å². The highest BCUT2D eigenvalue weighted by Gasteiger charge is 2.65. The molecule has 0 spiro atoms. The van der Waals surface area contributed by atoms with Crippen molar-refractivity contribution >= 4 is 21.7 Å². The molecule has 4 aliphatic rings. The minimum absolute atomic E-state index is 0.0522. The van der Waals surface area contributed by atoms with Crippen LogP contribution in [-0.4, -0.2) is 28.0 Å². The number of ketones is 1. The molecule has 160 valence electrons. The lowest BCUT2D eigenvalue weighted by Crippen LogP contribution is -2.59. The van der Waals surface area contributed by atoms with Crippen molar-refractivity contribution < 1.29 is 23.1 Å². The Kier molecular flexibility index (Phi) is 5.06. The maximum atomic E-state index is 13.4. The standard InChI is InChI=1S/C22H32BrF3O2/c1-19-9-10-21(28,22(24,25)26)11-13(19)3-4-14-15-5-6-17(18(27)12-23)20(15,2)8-7-16(14)19/h13-17,28H,3-12H2,1-2H3/t13-,14+,15+,16+,17-,19+,20+,21-/m1/s1. The van der Waals surface area contributed by atoms with Crippen LogP contribution < -0.4 is 0 Å². The van der Waals surface area contributed by atoms with Gasteiger partial charge in [0.2, 0.25) is 0 Å². The second kappa shape index (κ2) is 6.70. The molecule has 2 nitrogen and oxygen atoms in total. The van der Waals surface area contributed by atoms with E-state index in [1.807, 2.05) is 0 Å². The Morgan fingerprint density at radius 2 is 1.68 bits per heavy atom. The molecular formula is C22H32BrF3O2. The number of fused-ring (bicyclic) bond motifs is 5. The molecule has 4 aliphatic carbocycles. The second-order valence-corrected chi connectivity index (χ2v) is 11.2. The smallest absolute Gasteiger partial charge is 0.380 e. The van der Waals surface area contributed by atoms with Gasteiger partial charge in [-0.1, -0.05) is 29.8 Å². The van der Waals surface area contributed by atoms with Gasteiger partial charge in [-0.2, -0.15) is 13.2 Å². The molecule has 0 heterocycles. The van der Waals surface area contributed by atoms with Gasteiger partial charge in [-0.3, -0.25) is 4.79 Å². The Labute approximate surface area is 174 Å². The van der Waals surface area contributed by atoms with E-state index >= 15 is 0 Å². The average molecular weight is 465 g/mol.